The lowest BCUT2D eigenvalue weighted by molar-refractivity contribution is -0.122. The van der Waals surface area contributed by atoms with Crippen LogP contribution >= 0.6 is 34.5 Å². The highest BCUT2D eigenvalue weighted by atomic mass is 35.5. The zero-order valence-electron chi connectivity index (χ0n) is 15.2. The van der Waals surface area contributed by atoms with Crippen LogP contribution in [0.2, 0.25) is 10.0 Å². The number of aromatic nitrogens is 1. The lowest BCUT2D eigenvalue weighted by Crippen LogP contribution is -2.41. The van der Waals surface area contributed by atoms with Crippen LogP contribution in [0.5, 0.6) is 0 Å². The van der Waals surface area contributed by atoms with Gasteiger partial charge in [-0.25, -0.2) is 4.98 Å². The Hall–Kier alpha value is -1.87. The highest BCUT2D eigenvalue weighted by Crippen LogP contribution is 2.32. The minimum atomic E-state index is -0.339. The molecule has 0 aliphatic carbocycles. The van der Waals surface area contributed by atoms with Gasteiger partial charge in [0, 0.05) is 25.6 Å². The molecule has 1 aliphatic heterocycles. The average molecular weight is 443 g/mol. The van der Waals surface area contributed by atoms with Gasteiger partial charge < -0.3 is 20.3 Å². The number of likely N-dealkylation sites (N-methyl/N-ethyl adjacent to an activating group) is 1. The molecule has 1 aromatic heterocycles. The lowest BCUT2D eigenvalue weighted by Gasteiger charge is -2.16. The fraction of sp³-hybridized carbons (Fsp3) is 0.389. The molecule has 2 heterocycles. The van der Waals surface area contributed by atoms with E-state index in [2.05, 4.69) is 15.6 Å². The van der Waals surface area contributed by atoms with Crippen molar-refractivity contribution < 1.29 is 14.3 Å². The second kappa shape index (κ2) is 9.56. The van der Waals surface area contributed by atoms with E-state index in [1.54, 1.807) is 30.6 Å². The van der Waals surface area contributed by atoms with Crippen LogP contribution in [-0.4, -0.2) is 54.5 Å². The summed E-state index contributed by atoms with van der Waals surface area (Å²) in [6, 6.07) is 5.21. The topological polar surface area (TPSA) is 83.6 Å². The molecule has 150 valence electrons. The van der Waals surface area contributed by atoms with Gasteiger partial charge in [-0.2, -0.15) is 0 Å². The predicted octanol–water partition coefficient (Wildman–Crippen LogP) is 3.56. The van der Waals surface area contributed by atoms with E-state index in [9.17, 15) is 9.59 Å². The lowest BCUT2D eigenvalue weighted by atomic mass is 10.2. The zero-order chi connectivity index (χ0) is 20.1. The number of nitrogens with one attached hydrogen (secondary N) is 2. The molecule has 10 heteroatoms. The molecule has 1 fully saturated rings. The van der Waals surface area contributed by atoms with Crippen molar-refractivity contribution in [2.24, 2.45) is 0 Å². The first kappa shape index (κ1) is 20.9. The van der Waals surface area contributed by atoms with Gasteiger partial charge in [0.25, 0.3) is 5.91 Å². The monoisotopic (exact) mass is 442 g/mol. The van der Waals surface area contributed by atoms with E-state index in [1.807, 2.05) is 0 Å². The molecule has 7 nitrogen and oxygen atoms in total. The minimum Gasteiger partial charge on any atom is -0.376 e. The SMILES string of the molecule is CN(CC(=O)NC[C@@H]1CCCO1)C(=O)c1csc(Nc2cccc(Cl)c2Cl)n1. The molecule has 1 aromatic carbocycles. The Balaban J connectivity index is 1.53. The highest BCUT2D eigenvalue weighted by molar-refractivity contribution is 7.14. The summed E-state index contributed by atoms with van der Waals surface area (Å²) in [6.07, 6.45) is 2.02. The molecule has 1 aliphatic rings. The van der Waals surface area contributed by atoms with Gasteiger partial charge in [0.15, 0.2) is 5.13 Å². The normalized spacial score (nSPS) is 16.0. The van der Waals surface area contributed by atoms with Crippen molar-refractivity contribution in [1.29, 1.82) is 0 Å². The predicted molar refractivity (Wildman–Crippen MR) is 111 cm³/mol. The van der Waals surface area contributed by atoms with Gasteiger partial charge in [-0.3, -0.25) is 9.59 Å². The van der Waals surface area contributed by atoms with Crippen molar-refractivity contribution in [1.82, 2.24) is 15.2 Å². The number of nitrogens with zero attached hydrogens (tertiary/aromatic N) is 2. The average Bonchev–Trinajstić information content (AvgIpc) is 3.35. The minimum absolute atomic E-state index is 0.0496. The molecule has 0 unspecified atom stereocenters. The van der Waals surface area contributed by atoms with Crippen LogP contribution < -0.4 is 10.6 Å². The maximum atomic E-state index is 12.5. The summed E-state index contributed by atoms with van der Waals surface area (Å²) in [4.78, 5) is 30.2. The van der Waals surface area contributed by atoms with Crippen molar-refractivity contribution >= 4 is 57.2 Å². The quantitative estimate of drug-likeness (QED) is 0.684. The number of anilines is 2. The van der Waals surface area contributed by atoms with Gasteiger partial charge >= 0.3 is 0 Å². The van der Waals surface area contributed by atoms with Crippen LogP contribution in [0.3, 0.4) is 0 Å². The van der Waals surface area contributed by atoms with Crippen LogP contribution in [0.4, 0.5) is 10.8 Å². The van der Waals surface area contributed by atoms with E-state index in [0.29, 0.717) is 27.4 Å². The highest BCUT2D eigenvalue weighted by Gasteiger charge is 2.20. The Labute approximate surface area is 177 Å². The summed E-state index contributed by atoms with van der Waals surface area (Å²) in [7, 11) is 1.56. The number of carbonyl (C=O) groups excluding carboxylic acids is 2. The molecule has 1 saturated heterocycles. The third kappa shape index (κ3) is 5.35. The molecule has 0 saturated carbocycles. The number of hydrogen-bond donors (Lipinski definition) is 2. The van der Waals surface area contributed by atoms with Gasteiger partial charge in [0.2, 0.25) is 5.91 Å². The van der Waals surface area contributed by atoms with Gasteiger partial charge in [-0.1, -0.05) is 29.3 Å². The van der Waals surface area contributed by atoms with E-state index < -0.39 is 0 Å². The van der Waals surface area contributed by atoms with Crippen LogP contribution in [-0.2, 0) is 9.53 Å². The number of amides is 2. The first-order valence-corrected chi connectivity index (χ1v) is 10.4. The van der Waals surface area contributed by atoms with E-state index in [1.165, 1.54) is 16.2 Å². The summed E-state index contributed by atoms with van der Waals surface area (Å²) in [5.41, 5.74) is 0.851. The summed E-state index contributed by atoms with van der Waals surface area (Å²) in [5, 5.41) is 8.78. The number of halogens is 2. The molecular formula is C18H20Cl2N4O3S. The maximum absolute atomic E-state index is 12.5. The van der Waals surface area contributed by atoms with Gasteiger partial charge in [-0.05, 0) is 25.0 Å². The standard InChI is InChI=1S/C18H20Cl2N4O3S/c1-24(9-15(25)21-8-11-4-3-7-27-11)17(26)14-10-28-18(23-14)22-13-6-2-5-12(19)16(13)20/h2,5-6,10-11H,3-4,7-9H2,1H3,(H,21,25)(H,22,23)/t11-/m0/s1. The van der Waals surface area contributed by atoms with Gasteiger partial charge in [0.1, 0.15) is 5.69 Å². The summed E-state index contributed by atoms with van der Waals surface area (Å²) < 4.78 is 5.46. The first-order valence-electron chi connectivity index (χ1n) is 8.74. The van der Waals surface area contributed by atoms with Crippen LogP contribution in [0, 0.1) is 0 Å². The number of thiazole rings is 1. The second-order valence-electron chi connectivity index (χ2n) is 6.36. The summed E-state index contributed by atoms with van der Waals surface area (Å²) >= 11 is 13.4. The molecule has 1 atom stereocenters. The van der Waals surface area contributed by atoms with E-state index in [4.69, 9.17) is 27.9 Å². The largest absolute Gasteiger partial charge is 0.376 e. The molecule has 0 spiro atoms. The Morgan fingerprint density at radius 3 is 2.96 bits per heavy atom. The third-order valence-corrected chi connectivity index (χ3v) is 5.77. The number of benzene rings is 1. The zero-order valence-corrected chi connectivity index (χ0v) is 17.5. The van der Waals surface area contributed by atoms with Crippen molar-refractivity contribution in [2.75, 3.05) is 32.1 Å². The Bertz CT molecular complexity index is 855. The van der Waals surface area contributed by atoms with Crippen molar-refractivity contribution in [2.45, 2.75) is 18.9 Å². The van der Waals surface area contributed by atoms with Crippen molar-refractivity contribution in [3.63, 3.8) is 0 Å². The van der Waals surface area contributed by atoms with Gasteiger partial charge in [-0.15, -0.1) is 11.3 Å². The third-order valence-electron chi connectivity index (χ3n) is 4.19. The maximum Gasteiger partial charge on any atom is 0.273 e. The van der Waals surface area contributed by atoms with E-state index in [-0.39, 0.29) is 30.2 Å². The van der Waals surface area contributed by atoms with Crippen LogP contribution in [0.25, 0.3) is 0 Å². The van der Waals surface area contributed by atoms with E-state index in [0.717, 1.165) is 19.4 Å². The summed E-state index contributed by atoms with van der Waals surface area (Å²) in [6.45, 7) is 1.15. The Kier molecular flexibility index (Phi) is 7.12. The molecular weight excluding hydrogens is 423 g/mol. The van der Waals surface area contributed by atoms with Crippen LogP contribution in [0.1, 0.15) is 23.3 Å². The summed E-state index contributed by atoms with van der Waals surface area (Å²) in [5.74, 6) is -0.570. The first-order chi connectivity index (χ1) is 13.4. The fourth-order valence-corrected chi connectivity index (χ4v) is 3.76. The number of carbonyl (C=O) groups is 2. The molecule has 28 heavy (non-hydrogen) atoms. The Morgan fingerprint density at radius 1 is 1.39 bits per heavy atom. The molecule has 2 amide bonds. The number of ether oxygens (including phenoxy) is 1. The van der Waals surface area contributed by atoms with Crippen LogP contribution in [0.15, 0.2) is 23.6 Å². The molecule has 3 rings (SSSR count). The smallest absolute Gasteiger partial charge is 0.273 e. The fourth-order valence-electron chi connectivity index (χ4n) is 2.72. The van der Waals surface area contributed by atoms with Gasteiger partial charge in [0.05, 0.1) is 28.4 Å². The van der Waals surface area contributed by atoms with Crippen molar-refractivity contribution in [3.8, 4) is 0 Å². The molecule has 2 aromatic rings. The van der Waals surface area contributed by atoms with E-state index >= 15 is 0 Å². The Morgan fingerprint density at radius 2 is 2.21 bits per heavy atom. The molecule has 0 bridgehead atoms. The number of rotatable bonds is 7. The molecule has 2 N–H and O–H groups in total. The second-order valence-corrected chi connectivity index (χ2v) is 8.01. The van der Waals surface area contributed by atoms with Crippen molar-refractivity contribution in [3.05, 3.63) is 39.3 Å². The molecule has 0 radical (unpaired) electrons. The number of hydrogen-bond acceptors (Lipinski definition) is 6.